The van der Waals surface area contributed by atoms with Crippen LogP contribution in [-0.4, -0.2) is 5.97 Å². The molecule has 0 bridgehead atoms. The third-order valence-corrected chi connectivity index (χ3v) is 3.07. The molecule has 0 aromatic heterocycles. The van der Waals surface area contributed by atoms with Crippen LogP contribution in [0.3, 0.4) is 0 Å². The van der Waals surface area contributed by atoms with Gasteiger partial charge in [0, 0.05) is 5.57 Å². The molecule has 2 nitrogen and oxygen atoms in total. The van der Waals surface area contributed by atoms with Crippen molar-refractivity contribution >= 4 is 5.97 Å². The molecule has 0 fully saturated rings. The fourth-order valence-electron chi connectivity index (χ4n) is 1.89. The number of rotatable bonds is 9. The summed E-state index contributed by atoms with van der Waals surface area (Å²) >= 11 is 0. The van der Waals surface area contributed by atoms with E-state index in [1.807, 2.05) is 18.2 Å². The lowest BCUT2D eigenvalue weighted by atomic mass is 10.1. The zero-order valence-electron chi connectivity index (χ0n) is 11.9. The molecular formula is C17H24O2. The number of esters is 1. The van der Waals surface area contributed by atoms with Gasteiger partial charge in [0.15, 0.2) is 0 Å². The molecule has 1 rings (SSSR count). The number of benzene rings is 1. The van der Waals surface area contributed by atoms with E-state index in [9.17, 15) is 4.79 Å². The van der Waals surface area contributed by atoms with Crippen LogP contribution in [0.2, 0.25) is 0 Å². The van der Waals surface area contributed by atoms with Crippen molar-refractivity contribution in [2.45, 2.75) is 51.9 Å². The highest BCUT2D eigenvalue weighted by Crippen LogP contribution is 2.14. The number of hydrogen-bond donors (Lipinski definition) is 0. The number of carbonyl (C=O) groups excluding carboxylic acids is 1. The average Bonchev–Trinajstić information content (AvgIpc) is 2.43. The van der Waals surface area contributed by atoms with Crippen molar-refractivity contribution in [2.75, 3.05) is 0 Å². The molecule has 0 saturated carbocycles. The SMILES string of the molecule is C=C(CCCCCCCC)C(=O)Oc1ccccc1. The molecule has 0 N–H and O–H groups in total. The molecule has 0 aliphatic carbocycles. The minimum Gasteiger partial charge on any atom is -0.423 e. The van der Waals surface area contributed by atoms with Crippen LogP contribution in [0, 0.1) is 0 Å². The Morgan fingerprint density at radius 1 is 1.05 bits per heavy atom. The van der Waals surface area contributed by atoms with E-state index in [1.54, 1.807) is 12.1 Å². The van der Waals surface area contributed by atoms with Crippen molar-refractivity contribution in [2.24, 2.45) is 0 Å². The number of para-hydroxylation sites is 1. The summed E-state index contributed by atoms with van der Waals surface area (Å²) in [5.41, 5.74) is 0.569. The Morgan fingerprint density at radius 3 is 2.37 bits per heavy atom. The lowest BCUT2D eigenvalue weighted by Gasteiger charge is -2.06. The summed E-state index contributed by atoms with van der Waals surface area (Å²) in [7, 11) is 0. The molecule has 0 aliphatic rings. The molecule has 1 aromatic rings. The van der Waals surface area contributed by atoms with Crippen LogP contribution in [0.1, 0.15) is 51.9 Å². The van der Waals surface area contributed by atoms with Crippen LogP contribution < -0.4 is 4.74 Å². The zero-order chi connectivity index (χ0) is 13.9. The summed E-state index contributed by atoms with van der Waals surface area (Å²) < 4.78 is 5.23. The van der Waals surface area contributed by atoms with E-state index in [2.05, 4.69) is 13.5 Å². The molecule has 0 radical (unpaired) electrons. The second-order valence-electron chi connectivity index (χ2n) is 4.82. The van der Waals surface area contributed by atoms with Crippen LogP contribution in [0.5, 0.6) is 5.75 Å². The molecule has 0 atom stereocenters. The summed E-state index contributed by atoms with van der Waals surface area (Å²) in [6.45, 7) is 6.02. The Labute approximate surface area is 116 Å². The first-order valence-corrected chi connectivity index (χ1v) is 7.19. The predicted molar refractivity (Wildman–Crippen MR) is 79.2 cm³/mol. The van der Waals surface area contributed by atoms with Crippen LogP contribution in [0.25, 0.3) is 0 Å². The van der Waals surface area contributed by atoms with Gasteiger partial charge in [-0.3, -0.25) is 0 Å². The fraction of sp³-hybridized carbons (Fsp3) is 0.471. The van der Waals surface area contributed by atoms with Crippen molar-refractivity contribution in [1.82, 2.24) is 0 Å². The first-order valence-electron chi connectivity index (χ1n) is 7.19. The van der Waals surface area contributed by atoms with Gasteiger partial charge < -0.3 is 4.74 Å². The van der Waals surface area contributed by atoms with E-state index >= 15 is 0 Å². The number of ether oxygens (including phenoxy) is 1. The smallest absolute Gasteiger partial charge is 0.338 e. The Morgan fingerprint density at radius 2 is 1.68 bits per heavy atom. The summed E-state index contributed by atoms with van der Waals surface area (Å²) in [4.78, 5) is 11.8. The van der Waals surface area contributed by atoms with Gasteiger partial charge in [-0.05, 0) is 25.0 Å². The van der Waals surface area contributed by atoms with Crippen molar-refractivity contribution in [3.8, 4) is 5.75 Å². The maximum atomic E-state index is 11.8. The molecular weight excluding hydrogens is 236 g/mol. The Balaban J connectivity index is 2.17. The zero-order valence-corrected chi connectivity index (χ0v) is 11.9. The number of hydrogen-bond acceptors (Lipinski definition) is 2. The molecule has 2 heteroatoms. The lowest BCUT2D eigenvalue weighted by molar-refractivity contribution is -0.130. The van der Waals surface area contributed by atoms with Crippen molar-refractivity contribution in [3.05, 3.63) is 42.5 Å². The minimum atomic E-state index is -0.306. The van der Waals surface area contributed by atoms with Gasteiger partial charge in [-0.1, -0.05) is 63.8 Å². The van der Waals surface area contributed by atoms with Crippen molar-refractivity contribution in [1.29, 1.82) is 0 Å². The number of carbonyl (C=O) groups is 1. The summed E-state index contributed by atoms with van der Waals surface area (Å²) in [6, 6.07) is 9.13. The summed E-state index contributed by atoms with van der Waals surface area (Å²) in [6.07, 6.45) is 8.02. The highest BCUT2D eigenvalue weighted by atomic mass is 16.5. The molecule has 0 saturated heterocycles. The van der Waals surface area contributed by atoms with Gasteiger partial charge in [-0.15, -0.1) is 0 Å². The van der Waals surface area contributed by atoms with Gasteiger partial charge in [-0.2, -0.15) is 0 Å². The van der Waals surface area contributed by atoms with Gasteiger partial charge in [-0.25, -0.2) is 4.79 Å². The number of unbranched alkanes of at least 4 members (excludes halogenated alkanes) is 5. The molecule has 0 aliphatic heterocycles. The standard InChI is InChI=1S/C17H24O2/c1-3-4-5-6-7-9-12-15(2)17(18)19-16-13-10-8-11-14-16/h8,10-11,13-14H,2-7,9,12H2,1H3. The summed E-state index contributed by atoms with van der Waals surface area (Å²) in [5.74, 6) is 0.274. The lowest BCUT2D eigenvalue weighted by Crippen LogP contribution is -2.10. The van der Waals surface area contributed by atoms with Crippen LogP contribution >= 0.6 is 0 Å². The molecule has 0 unspecified atom stereocenters. The van der Waals surface area contributed by atoms with E-state index < -0.39 is 0 Å². The van der Waals surface area contributed by atoms with E-state index in [4.69, 9.17) is 4.74 Å². The van der Waals surface area contributed by atoms with E-state index in [1.165, 1.54) is 25.7 Å². The van der Waals surface area contributed by atoms with Crippen molar-refractivity contribution < 1.29 is 9.53 Å². The molecule has 104 valence electrons. The Bertz CT molecular complexity index is 382. The van der Waals surface area contributed by atoms with Gasteiger partial charge in [0.05, 0.1) is 0 Å². The fourth-order valence-corrected chi connectivity index (χ4v) is 1.89. The molecule has 19 heavy (non-hydrogen) atoms. The quantitative estimate of drug-likeness (QED) is 0.273. The van der Waals surface area contributed by atoms with Gasteiger partial charge in [0.1, 0.15) is 5.75 Å². The Kier molecular flexibility index (Phi) is 7.64. The first kappa shape index (κ1) is 15.5. The third kappa shape index (κ3) is 6.80. The third-order valence-electron chi connectivity index (χ3n) is 3.07. The maximum Gasteiger partial charge on any atom is 0.338 e. The van der Waals surface area contributed by atoms with Crippen molar-refractivity contribution in [3.63, 3.8) is 0 Å². The minimum absolute atomic E-state index is 0.306. The first-order chi connectivity index (χ1) is 9.24. The highest BCUT2D eigenvalue weighted by Gasteiger charge is 2.09. The molecule has 0 spiro atoms. The molecule has 1 aromatic carbocycles. The van der Waals surface area contributed by atoms with Gasteiger partial charge in [0.2, 0.25) is 0 Å². The largest absolute Gasteiger partial charge is 0.423 e. The van der Waals surface area contributed by atoms with Gasteiger partial charge in [0.25, 0.3) is 0 Å². The van der Waals surface area contributed by atoms with E-state index in [0.29, 0.717) is 11.3 Å². The maximum absolute atomic E-state index is 11.8. The monoisotopic (exact) mass is 260 g/mol. The predicted octanol–water partition coefficient (Wildman–Crippen LogP) is 4.90. The van der Waals surface area contributed by atoms with Crippen LogP contribution in [-0.2, 0) is 4.79 Å². The topological polar surface area (TPSA) is 26.3 Å². The van der Waals surface area contributed by atoms with Crippen LogP contribution in [0.15, 0.2) is 42.5 Å². The second kappa shape index (κ2) is 9.37. The van der Waals surface area contributed by atoms with Gasteiger partial charge >= 0.3 is 5.97 Å². The summed E-state index contributed by atoms with van der Waals surface area (Å²) in [5, 5.41) is 0. The van der Waals surface area contributed by atoms with E-state index in [0.717, 1.165) is 19.3 Å². The average molecular weight is 260 g/mol. The van der Waals surface area contributed by atoms with Crippen LogP contribution in [0.4, 0.5) is 0 Å². The highest BCUT2D eigenvalue weighted by molar-refractivity contribution is 5.89. The molecule has 0 heterocycles. The normalized spacial score (nSPS) is 10.2. The molecule has 0 amide bonds. The second-order valence-corrected chi connectivity index (χ2v) is 4.82. The Hall–Kier alpha value is -1.57. The van der Waals surface area contributed by atoms with E-state index in [-0.39, 0.29) is 5.97 Å².